The molecule has 0 bridgehead atoms. The summed E-state index contributed by atoms with van der Waals surface area (Å²) in [4.78, 5) is 0.179. The maximum absolute atomic E-state index is 13.2. The van der Waals surface area contributed by atoms with Gasteiger partial charge in [0.25, 0.3) is 0 Å². The topological polar surface area (TPSA) is 0 Å². The van der Waals surface area contributed by atoms with Gasteiger partial charge in [0.15, 0.2) is 0 Å². The molecule has 0 aromatic heterocycles. The van der Waals surface area contributed by atoms with E-state index >= 15 is 0 Å². The minimum absolute atomic E-state index is 0.179. The predicted octanol–water partition coefficient (Wildman–Crippen LogP) is 3.93. The van der Waals surface area contributed by atoms with E-state index in [0.29, 0.717) is 17.9 Å². The molecule has 1 atom stereocenters. The van der Waals surface area contributed by atoms with Gasteiger partial charge in [0, 0.05) is 4.83 Å². The molecule has 0 radical (unpaired) electrons. The van der Waals surface area contributed by atoms with E-state index in [2.05, 4.69) is 15.9 Å². The molecule has 0 fully saturated rings. The van der Waals surface area contributed by atoms with Crippen LogP contribution < -0.4 is 0 Å². The number of hydrogen-bond donors (Lipinski definition) is 0. The fraction of sp³-hybridized carbons (Fsp3) is 0.455. The van der Waals surface area contributed by atoms with E-state index in [9.17, 15) is 8.78 Å². The van der Waals surface area contributed by atoms with Gasteiger partial charge < -0.3 is 0 Å². The lowest BCUT2D eigenvalue weighted by atomic mass is 10.0. The molecule has 1 unspecified atom stereocenters. The molecule has 1 aromatic rings. The summed E-state index contributed by atoms with van der Waals surface area (Å²) >= 11 is 3.45. The minimum Gasteiger partial charge on any atom is -0.207 e. The van der Waals surface area contributed by atoms with Gasteiger partial charge >= 0.3 is 0 Å². The quantitative estimate of drug-likeness (QED) is 0.725. The van der Waals surface area contributed by atoms with Crippen LogP contribution in [-0.4, -0.2) is 4.83 Å². The fourth-order valence-corrected chi connectivity index (χ4v) is 1.49. The highest BCUT2D eigenvalue weighted by Gasteiger charge is 2.13. The van der Waals surface area contributed by atoms with Gasteiger partial charge in [0.2, 0.25) is 0 Å². The fourth-order valence-electron chi connectivity index (χ4n) is 1.15. The van der Waals surface area contributed by atoms with Crippen LogP contribution in [0.2, 0.25) is 0 Å². The van der Waals surface area contributed by atoms with Crippen LogP contribution in [0.25, 0.3) is 0 Å². The molecule has 0 aliphatic heterocycles. The van der Waals surface area contributed by atoms with E-state index in [1.54, 1.807) is 0 Å². The molecular weight excluding hydrogens is 250 g/mol. The molecule has 78 valence electrons. The van der Waals surface area contributed by atoms with Crippen LogP contribution in [0.3, 0.4) is 0 Å². The third-order valence-corrected chi connectivity index (χ3v) is 3.53. The second kappa shape index (κ2) is 4.87. The molecule has 0 saturated carbocycles. The molecule has 0 amide bonds. The Labute approximate surface area is 91.5 Å². The van der Waals surface area contributed by atoms with Crippen molar-refractivity contribution < 1.29 is 8.78 Å². The second-order valence-electron chi connectivity index (χ2n) is 3.70. The standard InChI is InChI=1S/C11H13BrF2/c1-7(2)10(12)6-8-5-9(13)3-4-11(8)14/h3-5,7,10H,6H2,1-2H3. The van der Waals surface area contributed by atoms with Gasteiger partial charge in [-0.15, -0.1) is 0 Å². The third kappa shape index (κ3) is 3.05. The maximum atomic E-state index is 13.2. The van der Waals surface area contributed by atoms with Crippen molar-refractivity contribution >= 4 is 15.9 Å². The van der Waals surface area contributed by atoms with Crippen LogP contribution in [0.5, 0.6) is 0 Å². The summed E-state index contributed by atoms with van der Waals surface area (Å²) in [6.07, 6.45) is 0.515. The Hall–Kier alpha value is -0.440. The summed E-state index contributed by atoms with van der Waals surface area (Å²) in [5, 5.41) is 0. The summed E-state index contributed by atoms with van der Waals surface area (Å²) in [5.41, 5.74) is 0.431. The van der Waals surface area contributed by atoms with Gasteiger partial charge in [-0.1, -0.05) is 29.8 Å². The van der Waals surface area contributed by atoms with E-state index in [4.69, 9.17) is 0 Å². The second-order valence-corrected chi connectivity index (χ2v) is 4.88. The van der Waals surface area contributed by atoms with E-state index in [1.165, 1.54) is 12.1 Å². The highest BCUT2D eigenvalue weighted by atomic mass is 79.9. The van der Waals surface area contributed by atoms with Crippen molar-refractivity contribution in [2.24, 2.45) is 5.92 Å². The third-order valence-electron chi connectivity index (χ3n) is 2.15. The molecule has 0 heterocycles. The molecule has 0 nitrogen and oxygen atoms in total. The Morgan fingerprint density at radius 3 is 2.50 bits per heavy atom. The van der Waals surface area contributed by atoms with Crippen molar-refractivity contribution in [1.82, 2.24) is 0 Å². The van der Waals surface area contributed by atoms with Crippen LogP contribution in [-0.2, 0) is 6.42 Å². The average Bonchev–Trinajstić information content (AvgIpc) is 2.11. The van der Waals surface area contributed by atoms with Gasteiger partial charge in [-0.2, -0.15) is 0 Å². The summed E-state index contributed by atoms with van der Waals surface area (Å²) in [5.74, 6) is -0.320. The molecule has 1 rings (SSSR count). The molecule has 0 saturated heterocycles. The normalized spacial score (nSPS) is 13.3. The molecule has 3 heteroatoms. The smallest absolute Gasteiger partial charge is 0.126 e. The van der Waals surface area contributed by atoms with Crippen molar-refractivity contribution in [2.75, 3.05) is 0 Å². The van der Waals surface area contributed by atoms with Crippen LogP contribution in [0, 0.1) is 17.6 Å². The molecule has 14 heavy (non-hydrogen) atoms. The Morgan fingerprint density at radius 2 is 1.93 bits per heavy atom. The number of benzene rings is 1. The number of alkyl halides is 1. The summed E-state index contributed by atoms with van der Waals surface area (Å²) in [6.45, 7) is 4.08. The van der Waals surface area contributed by atoms with Crippen molar-refractivity contribution in [3.05, 3.63) is 35.4 Å². The summed E-state index contributed by atoms with van der Waals surface area (Å²) in [7, 11) is 0. The van der Waals surface area contributed by atoms with Gasteiger partial charge in [-0.25, -0.2) is 8.78 Å². The Bertz CT molecular complexity index is 310. The summed E-state index contributed by atoms with van der Waals surface area (Å²) < 4.78 is 26.0. The van der Waals surface area contributed by atoms with Crippen molar-refractivity contribution in [1.29, 1.82) is 0 Å². The van der Waals surface area contributed by atoms with Gasteiger partial charge in [-0.3, -0.25) is 0 Å². The first-order chi connectivity index (χ1) is 6.50. The number of rotatable bonds is 3. The zero-order chi connectivity index (χ0) is 10.7. The lowest BCUT2D eigenvalue weighted by molar-refractivity contribution is 0.561. The molecule has 0 N–H and O–H groups in total. The zero-order valence-electron chi connectivity index (χ0n) is 8.23. The molecular formula is C11H13BrF2. The molecule has 0 aliphatic carbocycles. The van der Waals surface area contributed by atoms with Gasteiger partial charge in [0.05, 0.1) is 0 Å². The first kappa shape index (κ1) is 11.6. The predicted molar refractivity (Wildman–Crippen MR) is 57.6 cm³/mol. The lowest BCUT2D eigenvalue weighted by Gasteiger charge is -2.13. The van der Waals surface area contributed by atoms with Crippen molar-refractivity contribution in [3.63, 3.8) is 0 Å². The first-order valence-electron chi connectivity index (χ1n) is 4.58. The van der Waals surface area contributed by atoms with Crippen LogP contribution in [0.1, 0.15) is 19.4 Å². The lowest BCUT2D eigenvalue weighted by Crippen LogP contribution is -2.11. The monoisotopic (exact) mass is 262 g/mol. The Morgan fingerprint density at radius 1 is 1.29 bits per heavy atom. The van der Waals surface area contributed by atoms with Gasteiger partial charge in [-0.05, 0) is 36.1 Å². The highest BCUT2D eigenvalue weighted by Crippen LogP contribution is 2.20. The number of halogens is 3. The minimum atomic E-state index is -0.384. The molecule has 1 aromatic carbocycles. The van der Waals surface area contributed by atoms with Crippen molar-refractivity contribution in [2.45, 2.75) is 25.1 Å². The Kier molecular flexibility index (Phi) is 4.05. The van der Waals surface area contributed by atoms with E-state index in [1.807, 2.05) is 13.8 Å². The highest BCUT2D eigenvalue weighted by molar-refractivity contribution is 9.09. The van der Waals surface area contributed by atoms with Gasteiger partial charge in [0.1, 0.15) is 11.6 Å². The zero-order valence-corrected chi connectivity index (χ0v) is 9.81. The SMILES string of the molecule is CC(C)C(Br)Cc1cc(F)ccc1F. The first-order valence-corrected chi connectivity index (χ1v) is 5.50. The Balaban J connectivity index is 2.80. The largest absolute Gasteiger partial charge is 0.207 e. The molecule has 0 aliphatic rings. The molecule has 0 spiro atoms. The average molecular weight is 263 g/mol. The van der Waals surface area contributed by atoms with E-state index in [-0.39, 0.29) is 16.5 Å². The van der Waals surface area contributed by atoms with Crippen LogP contribution in [0.4, 0.5) is 8.78 Å². The van der Waals surface area contributed by atoms with E-state index in [0.717, 1.165) is 6.07 Å². The maximum Gasteiger partial charge on any atom is 0.126 e. The van der Waals surface area contributed by atoms with Crippen LogP contribution in [0.15, 0.2) is 18.2 Å². The summed E-state index contributed by atoms with van der Waals surface area (Å²) in [6, 6.07) is 3.56. The van der Waals surface area contributed by atoms with Crippen molar-refractivity contribution in [3.8, 4) is 0 Å². The number of hydrogen-bond acceptors (Lipinski definition) is 0. The van der Waals surface area contributed by atoms with E-state index < -0.39 is 0 Å². The van der Waals surface area contributed by atoms with Crippen LogP contribution >= 0.6 is 15.9 Å².